The molecule has 6 heteroatoms. The van der Waals surface area contributed by atoms with E-state index in [1.807, 2.05) is 45.2 Å². The number of amides is 1. The van der Waals surface area contributed by atoms with E-state index < -0.39 is 5.41 Å². The maximum Gasteiger partial charge on any atom is 0.231 e. The summed E-state index contributed by atoms with van der Waals surface area (Å²) in [4.78, 5) is 19.9. The molecule has 2 aliphatic rings. The molecule has 1 aromatic carbocycles. The van der Waals surface area contributed by atoms with Gasteiger partial charge < -0.3 is 14.8 Å². The third-order valence-electron chi connectivity index (χ3n) is 6.21. The van der Waals surface area contributed by atoms with Crippen molar-refractivity contribution in [2.24, 2.45) is 11.3 Å². The predicted molar refractivity (Wildman–Crippen MR) is 120 cm³/mol. The molecule has 31 heavy (non-hydrogen) atoms. The Labute approximate surface area is 185 Å². The van der Waals surface area contributed by atoms with Crippen LogP contribution in [0, 0.1) is 18.3 Å². The Hall–Kier alpha value is -2.60. The van der Waals surface area contributed by atoms with Crippen LogP contribution in [-0.4, -0.2) is 35.7 Å². The topological polar surface area (TPSA) is 63.7 Å². The lowest BCUT2D eigenvalue weighted by Crippen LogP contribution is -2.45. The number of carbonyl (C=O) groups excluding carboxylic acids is 1. The van der Waals surface area contributed by atoms with Crippen LogP contribution < -0.4 is 14.8 Å². The Morgan fingerprint density at radius 1 is 1.26 bits per heavy atom. The lowest BCUT2D eigenvalue weighted by atomic mass is 9.86. The number of ether oxygens (including phenoxy) is 2. The first-order valence-corrected chi connectivity index (χ1v) is 11.1. The lowest BCUT2D eigenvalue weighted by Gasteiger charge is -2.38. The number of likely N-dealkylation sites (tertiary alicyclic amines) is 1. The van der Waals surface area contributed by atoms with Gasteiger partial charge in [0.2, 0.25) is 12.7 Å². The van der Waals surface area contributed by atoms with Crippen molar-refractivity contribution in [1.82, 2.24) is 15.2 Å². The van der Waals surface area contributed by atoms with Crippen LogP contribution in [0.1, 0.15) is 56.5 Å². The van der Waals surface area contributed by atoms with Gasteiger partial charge >= 0.3 is 0 Å². The number of aryl methyl sites for hydroxylation is 1. The monoisotopic (exact) mass is 423 g/mol. The number of nitrogens with one attached hydrogen (secondary N) is 1. The molecule has 2 aromatic rings. The molecule has 1 aromatic heterocycles. The van der Waals surface area contributed by atoms with E-state index in [-0.39, 0.29) is 11.9 Å². The number of benzene rings is 1. The highest BCUT2D eigenvalue weighted by Crippen LogP contribution is 2.36. The summed E-state index contributed by atoms with van der Waals surface area (Å²) in [6.07, 6.45) is 3.98. The van der Waals surface area contributed by atoms with Gasteiger partial charge in [-0.15, -0.1) is 0 Å². The number of aromatic nitrogens is 1. The van der Waals surface area contributed by atoms with E-state index >= 15 is 0 Å². The van der Waals surface area contributed by atoms with Crippen molar-refractivity contribution in [2.75, 3.05) is 19.9 Å². The first-order valence-electron chi connectivity index (χ1n) is 11.1. The maximum absolute atomic E-state index is 12.8. The molecule has 166 valence electrons. The minimum absolute atomic E-state index is 0.0619. The normalized spacial score (nSPS) is 19.8. The van der Waals surface area contributed by atoms with Gasteiger partial charge in [-0.2, -0.15) is 0 Å². The average molecular weight is 424 g/mol. The number of piperidine rings is 1. The lowest BCUT2D eigenvalue weighted by molar-refractivity contribution is -0.130. The van der Waals surface area contributed by atoms with Crippen molar-refractivity contribution in [3.8, 4) is 11.5 Å². The molecule has 2 atom stereocenters. The van der Waals surface area contributed by atoms with Crippen LogP contribution in [0.25, 0.3) is 0 Å². The number of pyridine rings is 1. The van der Waals surface area contributed by atoms with Crippen LogP contribution in [0.5, 0.6) is 11.5 Å². The first-order chi connectivity index (χ1) is 14.8. The third kappa shape index (κ3) is 5.01. The van der Waals surface area contributed by atoms with E-state index in [9.17, 15) is 4.79 Å². The summed E-state index contributed by atoms with van der Waals surface area (Å²) in [7, 11) is 0. The number of fused-ring (bicyclic) bond motifs is 1. The molecule has 1 fully saturated rings. The van der Waals surface area contributed by atoms with Gasteiger partial charge in [0.1, 0.15) is 0 Å². The molecule has 1 saturated heterocycles. The molecule has 6 nitrogen and oxygen atoms in total. The summed E-state index contributed by atoms with van der Waals surface area (Å²) >= 11 is 0. The molecule has 2 aliphatic heterocycles. The number of carbonyl (C=O) groups is 1. The molecule has 0 radical (unpaired) electrons. The van der Waals surface area contributed by atoms with Gasteiger partial charge in [-0.05, 0) is 67.6 Å². The molecular formula is C25H33N3O3. The fourth-order valence-corrected chi connectivity index (χ4v) is 4.35. The van der Waals surface area contributed by atoms with Crippen molar-refractivity contribution in [2.45, 2.75) is 53.1 Å². The van der Waals surface area contributed by atoms with Crippen molar-refractivity contribution < 1.29 is 14.3 Å². The highest BCUT2D eigenvalue weighted by molar-refractivity contribution is 5.81. The summed E-state index contributed by atoms with van der Waals surface area (Å²) in [6.45, 7) is 11.1. The third-order valence-corrected chi connectivity index (χ3v) is 6.21. The molecule has 4 rings (SSSR count). The Morgan fingerprint density at radius 3 is 2.74 bits per heavy atom. The van der Waals surface area contributed by atoms with E-state index in [0.29, 0.717) is 12.7 Å². The second-order valence-electron chi connectivity index (χ2n) is 9.73. The minimum Gasteiger partial charge on any atom is -0.454 e. The van der Waals surface area contributed by atoms with Gasteiger partial charge in [-0.1, -0.05) is 26.8 Å². The van der Waals surface area contributed by atoms with Crippen LogP contribution in [0.4, 0.5) is 0 Å². The summed E-state index contributed by atoms with van der Waals surface area (Å²) in [6, 6.07) is 10.0. The molecule has 1 amide bonds. The van der Waals surface area contributed by atoms with Crippen LogP contribution in [-0.2, 0) is 11.3 Å². The smallest absolute Gasteiger partial charge is 0.231 e. The molecule has 3 heterocycles. The maximum atomic E-state index is 12.8. The zero-order chi connectivity index (χ0) is 22.0. The van der Waals surface area contributed by atoms with Gasteiger partial charge in [0.25, 0.3) is 0 Å². The fourth-order valence-electron chi connectivity index (χ4n) is 4.35. The van der Waals surface area contributed by atoms with Gasteiger partial charge in [-0.3, -0.25) is 14.7 Å². The van der Waals surface area contributed by atoms with Gasteiger partial charge in [0.15, 0.2) is 11.5 Å². The number of rotatable bonds is 5. The van der Waals surface area contributed by atoms with E-state index in [4.69, 9.17) is 9.47 Å². The summed E-state index contributed by atoms with van der Waals surface area (Å²) in [5, 5.41) is 3.31. The Bertz CT molecular complexity index is 924. The van der Waals surface area contributed by atoms with Crippen molar-refractivity contribution >= 4 is 5.91 Å². The van der Waals surface area contributed by atoms with Crippen LogP contribution in [0.15, 0.2) is 36.5 Å². The van der Waals surface area contributed by atoms with Crippen LogP contribution in [0.3, 0.4) is 0 Å². The standard InChI is InChI=1S/C25H33N3O3/c1-17-12-21-22(31-16-30-21)13-19(17)15-28-11-7-8-18(14-28)23(20-9-5-6-10-26-20)27-24(29)25(2,3)4/h5-6,9-10,12-13,18,23H,7-8,11,14-16H2,1-4H3,(H,27,29)/t18-,23+/m1/s1. The largest absolute Gasteiger partial charge is 0.454 e. The van der Waals surface area contributed by atoms with E-state index in [1.165, 1.54) is 11.1 Å². The van der Waals surface area contributed by atoms with Gasteiger partial charge in [-0.25, -0.2) is 0 Å². The summed E-state index contributed by atoms with van der Waals surface area (Å²) < 4.78 is 11.1. The zero-order valence-electron chi connectivity index (χ0n) is 19.0. The number of hydrogen-bond acceptors (Lipinski definition) is 5. The van der Waals surface area contributed by atoms with Crippen molar-refractivity contribution in [3.05, 3.63) is 53.3 Å². The first kappa shape index (κ1) is 21.6. The Balaban J connectivity index is 1.51. The Kier molecular flexibility index (Phi) is 6.19. The molecule has 1 N–H and O–H groups in total. The summed E-state index contributed by atoms with van der Waals surface area (Å²) in [5.41, 5.74) is 2.98. The van der Waals surface area contributed by atoms with E-state index in [2.05, 4.69) is 34.3 Å². The highest BCUT2D eigenvalue weighted by atomic mass is 16.7. The zero-order valence-corrected chi connectivity index (χ0v) is 19.0. The van der Waals surface area contributed by atoms with Gasteiger partial charge in [0, 0.05) is 24.7 Å². The molecule has 0 bridgehead atoms. The SMILES string of the molecule is Cc1cc2c(cc1CN1CCC[C@@H]([C@H](NC(=O)C(C)(C)C)c3ccccn3)C1)OCO2. The molecular weight excluding hydrogens is 390 g/mol. The minimum atomic E-state index is -0.440. The fraction of sp³-hybridized carbons (Fsp3) is 0.520. The predicted octanol–water partition coefficient (Wildman–Crippen LogP) is 4.23. The number of nitrogens with zero attached hydrogens (tertiary/aromatic N) is 2. The number of hydrogen-bond donors (Lipinski definition) is 1. The van der Waals surface area contributed by atoms with E-state index in [1.54, 1.807) is 0 Å². The molecule has 0 unspecified atom stereocenters. The second kappa shape index (κ2) is 8.87. The Morgan fingerprint density at radius 2 is 2.03 bits per heavy atom. The van der Waals surface area contributed by atoms with E-state index in [0.717, 1.165) is 49.7 Å². The molecule has 0 saturated carbocycles. The molecule has 0 spiro atoms. The quantitative estimate of drug-likeness (QED) is 0.780. The summed E-state index contributed by atoms with van der Waals surface area (Å²) in [5.74, 6) is 2.03. The van der Waals surface area contributed by atoms with Crippen LogP contribution >= 0.6 is 0 Å². The second-order valence-corrected chi connectivity index (χ2v) is 9.73. The highest BCUT2D eigenvalue weighted by Gasteiger charge is 2.33. The van der Waals surface area contributed by atoms with Crippen LogP contribution in [0.2, 0.25) is 0 Å². The molecule has 0 aliphatic carbocycles. The van der Waals surface area contributed by atoms with Gasteiger partial charge in [0.05, 0.1) is 11.7 Å². The average Bonchev–Trinajstić information content (AvgIpc) is 3.19. The van der Waals surface area contributed by atoms with Crippen molar-refractivity contribution in [3.63, 3.8) is 0 Å². The van der Waals surface area contributed by atoms with Crippen molar-refractivity contribution in [1.29, 1.82) is 0 Å².